The minimum atomic E-state index is 0.123. The molecule has 2 fully saturated rings. The summed E-state index contributed by atoms with van der Waals surface area (Å²) >= 11 is 0. The zero-order valence-electron chi connectivity index (χ0n) is 14.3. The van der Waals surface area contributed by atoms with Gasteiger partial charge in [0.25, 0.3) is 0 Å². The van der Waals surface area contributed by atoms with Crippen LogP contribution >= 0.6 is 0 Å². The Morgan fingerprint density at radius 2 is 1.80 bits per heavy atom. The summed E-state index contributed by atoms with van der Waals surface area (Å²) in [6, 6.07) is 19.4. The summed E-state index contributed by atoms with van der Waals surface area (Å²) in [6.45, 7) is 1.01. The molecule has 4 nitrogen and oxygen atoms in total. The van der Waals surface area contributed by atoms with Crippen molar-refractivity contribution >= 4 is 5.91 Å². The SMILES string of the molecule is O=C(CN[C@H]1CC1c1ccc(OCc2ccccc2)cc1)NC1CC1. The molecule has 0 radical (unpaired) electrons. The van der Waals surface area contributed by atoms with E-state index in [1.165, 1.54) is 11.1 Å². The van der Waals surface area contributed by atoms with E-state index in [9.17, 15) is 4.79 Å². The highest BCUT2D eigenvalue weighted by molar-refractivity contribution is 5.78. The molecule has 0 saturated heterocycles. The van der Waals surface area contributed by atoms with E-state index in [2.05, 4.69) is 34.9 Å². The molecule has 2 aromatic carbocycles. The van der Waals surface area contributed by atoms with Crippen molar-refractivity contribution in [1.82, 2.24) is 10.6 Å². The Kier molecular flexibility index (Phi) is 4.70. The second-order valence-corrected chi connectivity index (χ2v) is 7.01. The van der Waals surface area contributed by atoms with Gasteiger partial charge in [-0.15, -0.1) is 0 Å². The predicted octanol–water partition coefficient (Wildman–Crippen LogP) is 2.99. The predicted molar refractivity (Wildman–Crippen MR) is 97.5 cm³/mol. The quantitative estimate of drug-likeness (QED) is 0.779. The minimum Gasteiger partial charge on any atom is -0.489 e. The Morgan fingerprint density at radius 3 is 2.52 bits per heavy atom. The third-order valence-electron chi connectivity index (χ3n) is 4.81. The van der Waals surface area contributed by atoms with Crippen LogP contribution in [0.15, 0.2) is 54.6 Å². The van der Waals surface area contributed by atoms with Gasteiger partial charge in [-0.3, -0.25) is 4.79 Å². The molecule has 25 heavy (non-hydrogen) atoms. The van der Waals surface area contributed by atoms with Crippen LogP contribution in [-0.2, 0) is 11.4 Å². The van der Waals surface area contributed by atoms with Gasteiger partial charge in [0.2, 0.25) is 5.91 Å². The van der Waals surface area contributed by atoms with Gasteiger partial charge in [0.15, 0.2) is 0 Å². The van der Waals surface area contributed by atoms with E-state index < -0.39 is 0 Å². The maximum atomic E-state index is 11.7. The second kappa shape index (κ2) is 7.28. The topological polar surface area (TPSA) is 50.4 Å². The molecule has 2 saturated carbocycles. The van der Waals surface area contributed by atoms with Crippen molar-refractivity contribution in [3.63, 3.8) is 0 Å². The molecule has 1 amide bonds. The van der Waals surface area contributed by atoms with Crippen LogP contribution in [0, 0.1) is 0 Å². The van der Waals surface area contributed by atoms with Crippen molar-refractivity contribution in [3.05, 3.63) is 65.7 Å². The molecule has 0 spiro atoms. The lowest BCUT2D eigenvalue weighted by atomic mass is 10.1. The highest BCUT2D eigenvalue weighted by atomic mass is 16.5. The number of hydrogen-bond acceptors (Lipinski definition) is 3. The summed E-state index contributed by atoms with van der Waals surface area (Å²) in [5.41, 5.74) is 2.48. The molecule has 2 aromatic rings. The summed E-state index contributed by atoms with van der Waals surface area (Å²) < 4.78 is 5.83. The molecule has 0 aliphatic heterocycles. The first kappa shape index (κ1) is 16.2. The van der Waals surface area contributed by atoms with Gasteiger partial charge >= 0.3 is 0 Å². The fourth-order valence-electron chi connectivity index (χ4n) is 3.07. The van der Waals surface area contributed by atoms with Crippen molar-refractivity contribution in [1.29, 1.82) is 0 Å². The molecule has 2 aliphatic rings. The van der Waals surface area contributed by atoms with Gasteiger partial charge in [-0.25, -0.2) is 0 Å². The smallest absolute Gasteiger partial charge is 0.234 e. The first-order valence-corrected chi connectivity index (χ1v) is 9.07. The van der Waals surface area contributed by atoms with E-state index >= 15 is 0 Å². The maximum Gasteiger partial charge on any atom is 0.234 e. The maximum absolute atomic E-state index is 11.7. The normalized spacial score (nSPS) is 21.6. The highest BCUT2D eigenvalue weighted by Gasteiger charge is 2.38. The van der Waals surface area contributed by atoms with Gasteiger partial charge in [-0.1, -0.05) is 42.5 Å². The molecule has 130 valence electrons. The van der Waals surface area contributed by atoms with Crippen molar-refractivity contribution in [2.45, 2.75) is 43.9 Å². The van der Waals surface area contributed by atoms with Crippen molar-refractivity contribution < 1.29 is 9.53 Å². The van der Waals surface area contributed by atoms with E-state index in [4.69, 9.17) is 4.74 Å². The van der Waals surface area contributed by atoms with Gasteiger partial charge in [0, 0.05) is 18.0 Å². The van der Waals surface area contributed by atoms with E-state index in [1.54, 1.807) is 0 Å². The minimum absolute atomic E-state index is 0.123. The van der Waals surface area contributed by atoms with Crippen molar-refractivity contribution in [2.75, 3.05) is 6.54 Å². The fraction of sp³-hybridized carbons (Fsp3) is 0.381. The van der Waals surface area contributed by atoms with Crippen LogP contribution in [0.5, 0.6) is 5.75 Å². The summed E-state index contributed by atoms with van der Waals surface area (Å²) in [6.07, 6.45) is 3.37. The molecule has 4 heteroatoms. The summed E-state index contributed by atoms with van der Waals surface area (Å²) in [7, 11) is 0. The Hall–Kier alpha value is -2.33. The number of amides is 1. The number of ether oxygens (including phenoxy) is 1. The van der Waals surface area contributed by atoms with Crippen LogP contribution in [0.3, 0.4) is 0 Å². The molecule has 1 unspecified atom stereocenters. The zero-order chi connectivity index (χ0) is 17.1. The van der Waals surface area contributed by atoms with Gasteiger partial charge < -0.3 is 15.4 Å². The zero-order valence-corrected chi connectivity index (χ0v) is 14.3. The van der Waals surface area contributed by atoms with E-state index in [0.29, 0.717) is 31.2 Å². The fourth-order valence-corrected chi connectivity index (χ4v) is 3.07. The third kappa shape index (κ3) is 4.60. The average molecular weight is 336 g/mol. The number of carbonyl (C=O) groups excluding carboxylic acids is 1. The van der Waals surface area contributed by atoms with Gasteiger partial charge in [0.05, 0.1) is 6.54 Å². The number of benzene rings is 2. The van der Waals surface area contributed by atoms with Crippen molar-refractivity contribution in [2.24, 2.45) is 0 Å². The molecule has 2 N–H and O–H groups in total. The molecule has 2 atom stereocenters. The van der Waals surface area contributed by atoms with Gasteiger partial charge in [-0.05, 0) is 42.5 Å². The van der Waals surface area contributed by atoms with Crippen LogP contribution in [-0.4, -0.2) is 24.5 Å². The summed E-state index contributed by atoms with van der Waals surface area (Å²) in [5, 5.41) is 6.36. The first-order chi connectivity index (χ1) is 12.3. The van der Waals surface area contributed by atoms with E-state index in [1.807, 2.05) is 30.3 Å². The lowest BCUT2D eigenvalue weighted by Gasteiger charge is -2.08. The van der Waals surface area contributed by atoms with Gasteiger partial charge in [0.1, 0.15) is 12.4 Å². The van der Waals surface area contributed by atoms with Gasteiger partial charge in [-0.2, -0.15) is 0 Å². The number of carbonyl (C=O) groups is 1. The van der Waals surface area contributed by atoms with E-state index in [0.717, 1.165) is 25.0 Å². The van der Waals surface area contributed by atoms with E-state index in [-0.39, 0.29) is 5.91 Å². The van der Waals surface area contributed by atoms with Crippen LogP contribution in [0.4, 0.5) is 0 Å². The van der Waals surface area contributed by atoms with Crippen LogP contribution in [0.25, 0.3) is 0 Å². The summed E-state index contributed by atoms with van der Waals surface area (Å²) in [5.74, 6) is 1.52. The second-order valence-electron chi connectivity index (χ2n) is 7.01. The molecular formula is C21H24N2O2. The Labute approximate surface area is 148 Å². The Morgan fingerprint density at radius 1 is 1.04 bits per heavy atom. The number of nitrogens with one attached hydrogen (secondary N) is 2. The largest absolute Gasteiger partial charge is 0.489 e. The number of rotatable bonds is 8. The Balaban J connectivity index is 1.22. The lowest BCUT2D eigenvalue weighted by molar-refractivity contribution is -0.120. The number of hydrogen-bond donors (Lipinski definition) is 2. The molecular weight excluding hydrogens is 312 g/mol. The first-order valence-electron chi connectivity index (χ1n) is 9.07. The molecule has 0 bridgehead atoms. The van der Waals surface area contributed by atoms with Crippen LogP contribution < -0.4 is 15.4 Å². The van der Waals surface area contributed by atoms with Crippen molar-refractivity contribution in [3.8, 4) is 5.75 Å². The molecule has 4 rings (SSSR count). The molecule has 2 aliphatic carbocycles. The molecule has 0 aromatic heterocycles. The lowest BCUT2D eigenvalue weighted by Crippen LogP contribution is -2.36. The average Bonchev–Trinajstić information content (AvgIpc) is 3.56. The van der Waals surface area contributed by atoms with Crippen LogP contribution in [0.1, 0.15) is 36.3 Å². The Bertz CT molecular complexity index is 710. The van der Waals surface area contributed by atoms with Crippen LogP contribution in [0.2, 0.25) is 0 Å². The monoisotopic (exact) mass is 336 g/mol. The highest BCUT2D eigenvalue weighted by Crippen LogP contribution is 2.41. The molecule has 0 heterocycles. The standard InChI is InChI=1S/C21H24N2O2/c24-21(23-17-8-9-17)13-22-20-12-19(20)16-6-10-18(11-7-16)25-14-15-4-2-1-3-5-15/h1-7,10-11,17,19-20,22H,8-9,12-14H2,(H,23,24)/t19?,20-/m0/s1. The summed E-state index contributed by atoms with van der Waals surface area (Å²) in [4.78, 5) is 11.7. The third-order valence-corrected chi connectivity index (χ3v) is 4.81.